The summed E-state index contributed by atoms with van der Waals surface area (Å²) >= 11 is 5.18. The molecule has 1 aromatic heterocycles. The van der Waals surface area contributed by atoms with E-state index >= 15 is 0 Å². The Morgan fingerprint density at radius 2 is 2.12 bits per heavy atom. The quantitative estimate of drug-likeness (QED) is 0.438. The highest BCUT2D eigenvalue weighted by Crippen LogP contribution is 2.22. The lowest BCUT2D eigenvalue weighted by atomic mass is 10.1. The second-order valence-electron chi connectivity index (χ2n) is 4.60. The van der Waals surface area contributed by atoms with Crippen molar-refractivity contribution in [3.8, 4) is 0 Å². The molecular formula is C11H19BrIN3S. The van der Waals surface area contributed by atoms with E-state index in [2.05, 4.69) is 59.1 Å². The Hall–Kier alpha value is 0.180. The fourth-order valence-corrected chi connectivity index (χ4v) is 2.67. The molecule has 0 fully saturated rings. The van der Waals surface area contributed by atoms with Crippen LogP contribution < -0.4 is 11.1 Å². The van der Waals surface area contributed by atoms with E-state index in [4.69, 9.17) is 5.73 Å². The summed E-state index contributed by atoms with van der Waals surface area (Å²) in [6, 6.07) is 4.16. The number of hydrogen-bond acceptors (Lipinski definition) is 2. The molecule has 0 aliphatic rings. The van der Waals surface area contributed by atoms with Crippen molar-refractivity contribution in [2.24, 2.45) is 10.7 Å². The molecule has 17 heavy (non-hydrogen) atoms. The third kappa shape index (κ3) is 7.99. The Balaban J connectivity index is 0.00000256. The van der Waals surface area contributed by atoms with Crippen LogP contribution in [0.5, 0.6) is 0 Å². The number of nitrogens with zero attached hydrogens (tertiary/aromatic N) is 1. The zero-order valence-electron chi connectivity index (χ0n) is 10.3. The van der Waals surface area contributed by atoms with Gasteiger partial charge in [-0.05, 0) is 48.8 Å². The highest BCUT2D eigenvalue weighted by Gasteiger charge is 2.09. The fourth-order valence-electron chi connectivity index (χ4n) is 1.20. The lowest BCUT2D eigenvalue weighted by Gasteiger charge is -2.20. The van der Waals surface area contributed by atoms with Crippen LogP contribution >= 0.6 is 51.2 Å². The number of nitrogens with one attached hydrogen (secondary N) is 1. The Morgan fingerprint density at radius 3 is 2.59 bits per heavy atom. The first-order valence-electron chi connectivity index (χ1n) is 5.19. The molecule has 0 aromatic carbocycles. The number of halogens is 2. The molecule has 0 amide bonds. The molecule has 1 aromatic rings. The Labute approximate surface area is 132 Å². The van der Waals surface area contributed by atoms with Crippen LogP contribution in [0.1, 0.15) is 25.6 Å². The third-order valence-electron chi connectivity index (χ3n) is 1.77. The number of aliphatic imine (C=N–C) groups is 1. The molecule has 0 atom stereocenters. The monoisotopic (exact) mass is 431 g/mol. The van der Waals surface area contributed by atoms with Crippen molar-refractivity contribution in [3.63, 3.8) is 0 Å². The molecular weight excluding hydrogens is 413 g/mol. The smallest absolute Gasteiger partial charge is 0.188 e. The predicted molar refractivity (Wildman–Crippen MR) is 90.5 cm³/mol. The van der Waals surface area contributed by atoms with Gasteiger partial charge in [-0.3, -0.25) is 4.99 Å². The van der Waals surface area contributed by atoms with Gasteiger partial charge in [-0.25, -0.2) is 0 Å². The topological polar surface area (TPSA) is 50.4 Å². The predicted octanol–water partition coefficient (Wildman–Crippen LogP) is 3.37. The average Bonchev–Trinajstić information content (AvgIpc) is 2.48. The lowest BCUT2D eigenvalue weighted by molar-refractivity contribution is 0.508. The first kappa shape index (κ1) is 17.2. The largest absolute Gasteiger partial charge is 0.370 e. The van der Waals surface area contributed by atoms with Crippen LogP contribution in [0.2, 0.25) is 0 Å². The summed E-state index contributed by atoms with van der Waals surface area (Å²) in [5.74, 6) is 0.517. The van der Waals surface area contributed by atoms with Crippen molar-refractivity contribution in [2.45, 2.75) is 32.7 Å². The van der Waals surface area contributed by atoms with E-state index in [9.17, 15) is 0 Å². The molecule has 0 bridgehead atoms. The minimum atomic E-state index is -0.0282. The van der Waals surface area contributed by atoms with E-state index in [1.165, 1.54) is 4.88 Å². The molecule has 3 nitrogen and oxygen atoms in total. The van der Waals surface area contributed by atoms with Gasteiger partial charge in [-0.2, -0.15) is 0 Å². The maximum Gasteiger partial charge on any atom is 0.188 e. The number of guanidine groups is 1. The van der Waals surface area contributed by atoms with Crippen molar-refractivity contribution in [3.05, 3.63) is 20.8 Å². The summed E-state index contributed by atoms with van der Waals surface area (Å²) in [5, 5.41) is 3.13. The summed E-state index contributed by atoms with van der Waals surface area (Å²) in [6.45, 7) is 6.91. The van der Waals surface area contributed by atoms with Gasteiger partial charge in [0.1, 0.15) is 0 Å². The van der Waals surface area contributed by atoms with Crippen molar-refractivity contribution in [2.75, 3.05) is 6.54 Å². The van der Waals surface area contributed by atoms with Crippen LogP contribution in [0, 0.1) is 0 Å². The summed E-state index contributed by atoms with van der Waals surface area (Å²) in [5.41, 5.74) is 5.73. The van der Waals surface area contributed by atoms with Crippen molar-refractivity contribution < 1.29 is 0 Å². The standard InChI is InChI=1S/C11H18BrN3S.HI/c1-11(2,3)15-10(13)14-7-6-8-4-5-9(12)16-8;/h4-5H,6-7H2,1-3H3,(H3,13,14,15);1H. The van der Waals surface area contributed by atoms with Crippen molar-refractivity contribution >= 4 is 57.2 Å². The molecule has 0 aliphatic heterocycles. The Bertz CT molecular complexity index is 371. The SMILES string of the molecule is CC(C)(C)NC(N)=NCCc1ccc(Br)s1.I. The van der Waals surface area contributed by atoms with Gasteiger partial charge >= 0.3 is 0 Å². The van der Waals surface area contributed by atoms with Gasteiger partial charge in [0.05, 0.1) is 3.79 Å². The van der Waals surface area contributed by atoms with E-state index in [0.29, 0.717) is 5.96 Å². The maximum absolute atomic E-state index is 5.76. The molecule has 6 heteroatoms. The number of rotatable bonds is 3. The second kappa shape index (κ2) is 7.58. The van der Waals surface area contributed by atoms with Gasteiger partial charge in [0.15, 0.2) is 5.96 Å². The number of thiophene rings is 1. The van der Waals surface area contributed by atoms with E-state index in [0.717, 1.165) is 16.8 Å². The summed E-state index contributed by atoms with van der Waals surface area (Å²) in [4.78, 5) is 5.61. The first-order valence-corrected chi connectivity index (χ1v) is 6.80. The van der Waals surface area contributed by atoms with E-state index < -0.39 is 0 Å². The fraction of sp³-hybridized carbons (Fsp3) is 0.545. The van der Waals surface area contributed by atoms with E-state index in [-0.39, 0.29) is 29.5 Å². The molecule has 0 aliphatic carbocycles. The molecule has 3 N–H and O–H groups in total. The molecule has 0 unspecified atom stereocenters. The van der Waals surface area contributed by atoms with Crippen LogP contribution in [0.15, 0.2) is 20.9 Å². The van der Waals surface area contributed by atoms with Gasteiger partial charge in [0.2, 0.25) is 0 Å². The zero-order valence-corrected chi connectivity index (χ0v) is 15.0. The highest BCUT2D eigenvalue weighted by atomic mass is 127. The minimum Gasteiger partial charge on any atom is -0.370 e. The van der Waals surface area contributed by atoms with E-state index in [1.54, 1.807) is 11.3 Å². The number of nitrogens with two attached hydrogens (primary N) is 1. The van der Waals surface area contributed by atoms with Crippen LogP contribution in [0.3, 0.4) is 0 Å². The molecule has 98 valence electrons. The van der Waals surface area contributed by atoms with Crippen LogP contribution in [0.25, 0.3) is 0 Å². The Morgan fingerprint density at radius 1 is 1.47 bits per heavy atom. The third-order valence-corrected chi connectivity index (χ3v) is 3.46. The van der Waals surface area contributed by atoms with Crippen LogP contribution in [-0.2, 0) is 6.42 Å². The molecule has 0 radical (unpaired) electrons. The van der Waals surface area contributed by atoms with Crippen LogP contribution in [-0.4, -0.2) is 18.0 Å². The van der Waals surface area contributed by atoms with Crippen molar-refractivity contribution in [1.29, 1.82) is 0 Å². The van der Waals surface area contributed by atoms with Crippen LogP contribution in [0.4, 0.5) is 0 Å². The van der Waals surface area contributed by atoms with Crippen molar-refractivity contribution in [1.82, 2.24) is 5.32 Å². The number of hydrogen-bond donors (Lipinski definition) is 2. The van der Waals surface area contributed by atoms with E-state index in [1.807, 2.05) is 0 Å². The maximum atomic E-state index is 5.76. The zero-order chi connectivity index (χ0) is 12.2. The summed E-state index contributed by atoms with van der Waals surface area (Å²) < 4.78 is 1.16. The Kier molecular flexibility index (Phi) is 7.66. The molecule has 1 heterocycles. The van der Waals surface area contributed by atoms with Gasteiger partial charge in [-0.1, -0.05) is 0 Å². The summed E-state index contributed by atoms with van der Waals surface area (Å²) in [7, 11) is 0. The first-order chi connectivity index (χ1) is 7.37. The van der Waals surface area contributed by atoms with Gasteiger partial charge < -0.3 is 11.1 Å². The lowest BCUT2D eigenvalue weighted by Crippen LogP contribution is -2.45. The average molecular weight is 432 g/mol. The molecule has 0 saturated carbocycles. The molecule has 1 rings (SSSR count). The molecule has 0 saturated heterocycles. The minimum absolute atomic E-state index is 0. The summed E-state index contributed by atoms with van der Waals surface area (Å²) in [6.07, 6.45) is 0.933. The second-order valence-corrected chi connectivity index (χ2v) is 7.15. The normalized spacial score (nSPS) is 12.1. The van der Waals surface area contributed by atoms with Gasteiger partial charge in [-0.15, -0.1) is 35.3 Å². The highest BCUT2D eigenvalue weighted by molar-refractivity contribution is 14.0. The van der Waals surface area contributed by atoms with Gasteiger partial charge in [0.25, 0.3) is 0 Å². The molecule has 0 spiro atoms. The van der Waals surface area contributed by atoms with Gasteiger partial charge in [0, 0.05) is 23.4 Å².